The van der Waals surface area contributed by atoms with Crippen molar-refractivity contribution in [2.24, 2.45) is 0 Å². The lowest BCUT2D eigenvalue weighted by atomic mass is 10.2. The Morgan fingerprint density at radius 2 is 2.17 bits per heavy atom. The number of para-hydroxylation sites is 1. The number of anilines is 1. The minimum absolute atomic E-state index is 0.135. The smallest absolute Gasteiger partial charge is 0.296 e. The molecule has 6 nitrogen and oxygen atoms in total. The second-order valence-corrected chi connectivity index (χ2v) is 3.93. The molecule has 0 aliphatic carbocycles. The fourth-order valence-electron chi connectivity index (χ4n) is 1.55. The molecular weight excluding hydrogens is 236 g/mol. The molecule has 0 aliphatic heterocycles. The van der Waals surface area contributed by atoms with Crippen LogP contribution in [-0.4, -0.2) is 15.9 Å². The van der Waals surface area contributed by atoms with Gasteiger partial charge in [-0.15, -0.1) is 0 Å². The Morgan fingerprint density at radius 1 is 1.44 bits per heavy atom. The van der Waals surface area contributed by atoms with Crippen molar-refractivity contribution in [2.75, 3.05) is 5.32 Å². The molecule has 2 N–H and O–H groups in total. The normalized spacial score (nSPS) is 10.1. The molecule has 1 amide bonds. The predicted molar refractivity (Wildman–Crippen MR) is 67.5 cm³/mol. The molecule has 0 spiro atoms. The number of nitro benzene ring substituents is 1. The van der Waals surface area contributed by atoms with Gasteiger partial charge in [-0.05, 0) is 12.5 Å². The van der Waals surface area contributed by atoms with Gasteiger partial charge < -0.3 is 10.4 Å². The van der Waals surface area contributed by atoms with E-state index in [-0.39, 0.29) is 23.0 Å². The molecule has 0 atom stereocenters. The number of carbonyl (C=O) groups excluding carboxylic acids is 1. The predicted octanol–water partition coefficient (Wildman–Crippen LogP) is 2.82. The summed E-state index contributed by atoms with van der Waals surface area (Å²) in [6, 6.07) is 3.90. The molecular formula is C12H16N2O4. The molecule has 0 radical (unpaired) electrons. The third-order valence-corrected chi connectivity index (χ3v) is 2.49. The number of phenolic OH excluding ortho intramolecular Hbond substituents is 1. The summed E-state index contributed by atoms with van der Waals surface area (Å²) in [5, 5.41) is 22.7. The number of rotatable bonds is 6. The lowest BCUT2D eigenvalue weighted by molar-refractivity contribution is -0.384. The number of aromatic hydroxyl groups is 1. The zero-order chi connectivity index (χ0) is 13.5. The highest BCUT2D eigenvalue weighted by Gasteiger charge is 2.18. The summed E-state index contributed by atoms with van der Waals surface area (Å²) < 4.78 is 0. The number of carbonyl (C=O) groups is 1. The molecule has 0 unspecified atom stereocenters. The van der Waals surface area contributed by atoms with E-state index in [2.05, 4.69) is 5.32 Å². The van der Waals surface area contributed by atoms with Crippen LogP contribution in [0.3, 0.4) is 0 Å². The maximum absolute atomic E-state index is 11.6. The number of nitrogens with zero attached hydrogens (tertiary/aromatic N) is 1. The summed E-state index contributed by atoms with van der Waals surface area (Å²) in [6.07, 6.45) is 2.93. The van der Waals surface area contributed by atoms with Gasteiger partial charge in [-0.1, -0.05) is 25.8 Å². The molecule has 1 rings (SSSR count). The Balaban J connectivity index is 2.77. The number of phenols is 1. The van der Waals surface area contributed by atoms with Crippen LogP contribution in [0.15, 0.2) is 18.2 Å². The van der Waals surface area contributed by atoms with E-state index in [1.807, 2.05) is 6.92 Å². The van der Waals surface area contributed by atoms with Crippen molar-refractivity contribution in [1.29, 1.82) is 0 Å². The van der Waals surface area contributed by atoms with Gasteiger partial charge in [0.05, 0.1) is 4.92 Å². The van der Waals surface area contributed by atoms with Gasteiger partial charge in [0, 0.05) is 12.5 Å². The van der Waals surface area contributed by atoms with Crippen molar-refractivity contribution in [2.45, 2.75) is 32.6 Å². The first-order valence-corrected chi connectivity index (χ1v) is 5.82. The number of nitrogens with one attached hydrogen (secondary N) is 1. The molecule has 6 heteroatoms. The highest BCUT2D eigenvalue weighted by atomic mass is 16.6. The zero-order valence-electron chi connectivity index (χ0n) is 10.2. The van der Waals surface area contributed by atoms with Crippen LogP contribution in [0.4, 0.5) is 11.4 Å². The van der Waals surface area contributed by atoms with Crippen molar-refractivity contribution in [3.05, 3.63) is 28.3 Å². The van der Waals surface area contributed by atoms with Gasteiger partial charge in [-0.3, -0.25) is 14.9 Å². The summed E-state index contributed by atoms with van der Waals surface area (Å²) >= 11 is 0. The van der Waals surface area contributed by atoms with Gasteiger partial charge in [0.2, 0.25) is 5.91 Å². The van der Waals surface area contributed by atoms with Crippen LogP contribution in [-0.2, 0) is 4.79 Å². The fraction of sp³-hybridized carbons (Fsp3) is 0.417. The average Bonchev–Trinajstić information content (AvgIpc) is 2.31. The zero-order valence-corrected chi connectivity index (χ0v) is 10.2. The van der Waals surface area contributed by atoms with Crippen LogP contribution in [0.5, 0.6) is 5.75 Å². The number of amides is 1. The topological polar surface area (TPSA) is 92.5 Å². The molecule has 98 valence electrons. The van der Waals surface area contributed by atoms with E-state index in [4.69, 9.17) is 0 Å². The van der Waals surface area contributed by atoms with E-state index in [0.717, 1.165) is 19.3 Å². The first-order valence-electron chi connectivity index (χ1n) is 5.82. The fourth-order valence-corrected chi connectivity index (χ4v) is 1.55. The average molecular weight is 252 g/mol. The number of hydrogen-bond acceptors (Lipinski definition) is 4. The highest BCUT2D eigenvalue weighted by Crippen LogP contribution is 2.33. The van der Waals surface area contributed by atoms with Gasteiger partial charge in [0.1, 0.15) is 5.75 Å². The van der Waals surface area contributed by atoms with E-state index in [0.29, 0.717) is 6.42 Å². The Labute approximate surface area is 105 Å². The number of unbranched alkanes of at least 4 members (excludes halogenated alkanes) is 2. The Hall–Kier alpha value is -2.11. The molecule has 0 heterocycles. The highest BCUT2D eigenvalue weighted by molar-refractivity contribution is 5.94. The Kier molecular flexibility index (Phi) is 5.10. The molecule has 0 aromatic heterocycles. The summed E-state index contributed by atoms with van der Waals surface area (Å²) in [6.45, 7) is 2.02. The van der Waals surface area contributed by atoms with Gasteiger partial charge in [0.15, 0.2) is 5.69 Å². The molecule has 0 saturated heterocycles. The van der Waals surface area contributed by atoms with Gasteiger partial charge in [0.25, 0.3) is 5.69 Å². The first-order chi connectivity index (χ1) is 8.56. The lowest BCUT2D eigenvalue weighted by Gasteiger charge is -2.07. The summed E-state index contributed by atoms with van der Waals surface area (Å²) in [7, 11) is 0. The molecule has 1 aromatic rings. The van der Waals surface area contributed by atoms with Crippen molar-refractivity contribution in [3.63, 3.8) is 0 Å². The number of nitro groups is 1. The van der Waals surface area contributed by atoms with Crippen LogP contribution >= 0.6 is 0 Å². The van der Waals surface area contributed by atoms with Crippen molar-refractivity contribution in [3.8, 4) is 5.75 Å². The SMILES string of the molecule is CCCCCC(=O)Nc1c(O)cccc1[N+](=O)[O-]. The van der Waals surface area contributed by atoms with Crippen molar-refractivity contribution < 1.29 is 14.8 Å². The maximum Gasteiger partial charge on any atom is 0.296 e. The van der Waals surface area contributed by atoms with E-state index in [9.17, 15) is 20.0 Å². The number of benzene rings is 1. The minimum atomic E-state index is -0.638. The molecule has 0 saturated carbocycles. The molecule has 0 aliphatic rings. The van der Waals surface area contributed by atoms with E-state index in [1.54, 1.807) is 0 Å². The Morgan fingerprint density at radius 3 is 2.78 bits per heavy atom. The van der Waals surface area contributed by atoms with Crippen molar-refractivity contribution in [1.82, 2.24) is 0 Å². The van der Waals surface area contributed by atoms with Crippen LogP contribution in [0.25, 0.3) is 0 Å². The molecule has 0 fully saturated rings. The van der Waals surface area contributed by atoms with Gasteiger partial charge >= 0.3 is 0 Å². The third kappa shape index (κ3) is 3.73. The summed E-state index contributed by atoms with van der Waals surface area (Å²) in [4.78, 5) is 21.7. The summed E-state index contributed by atoms with van der Waals surface area (Å²) in [5.74, 6) is -0.624. The second kappa shape index (κ2) is 6.58. The molecule has 1 aromatic carbocycles. The lowest BCUT2D eigenvalue weighted by Crippen LogP contribution is -2.12. The van der Waals surface area contributed by atoms with Crippen LogP contribution < -0.4 is 5.32 Å². The largest absolute Gasteiger partial charge is 0.505 e. The van der Waals surface area contributed by atoms with E-state index < -0.39 is 4.92 Å². The Bertz CT molecular complexity index is 446. The van der Waals surface area contributed by atoms with E-state index in [1.165, 1.54) is 18.2 Å². The van der Waals surface area contributed by atoms with Gasteiger partial charge in [-0.2, -0.15) is 0 Å². The third-order valence-electron chi connectivity index (χ3n) is 2.49. The molecule has 18 heavy (non-hydrogen) atoms. The quantitative estimate of drug-likeness (QED) is 0.352. The van der Waals surface area contributed by atoms with Crippen molar-refractivity contribution >= 4 is 17.3 Å². The van der Waals surface area contributed by atoms with Crippen LogP contribution in [0.2, 0.25) is 0 Å². The summed E-state index contributed by atoms with van der Waals surface area (Å²) in [5.41, 5.74) is -0.442. The monoisotopic (exact) mass is 252 g/mol. The number of hydrogen-bond donors (Lipinski definition) is 2. The minimum Gasteiger partial charge on any atom is -0.505 e. The second-order valence-electron chi connectivity index (χ2n) is 3.93. The maximum atomic E-state index is 11.6. The van der Waals surface area contributed by atoms with Crippen LogP contribution in [0.1, 0.15) is 32.6 Å². The van der Waals surface area contributed by atoms with Gasteiger partial charge in [-0.25, -0.2) is 0 Å². The standard InChI is InChI=1S/C12H16N2O4/c1-2-3-4-8-11(16)13-12-9(14(17)18)6-5-7-10(12)15/h5-7,15H,2-4,8H2,1H3,(H,13,16). The van der Waals surface area contributed by atoms with Crippen LogP contribution in [0, 0.1) is 10.1 Å². The van der Waals surface area contributed by atoms with E-state index >= 15 is 0 Å². The molecule has 0 bridgehead atoms. The first kappa shape index (κ1) is 14.0.